The van der Waals surface area contributed by atoms with Crippen molar-refractivity contribution >= 4 is 17.3 Å². The molecule has 0 radical (unpaired) electrons. The minimum atomic E-state index is 0.605. The highest BCUT2D eigenvalue weighted by Gasteiger charge is 2.03. The summed E-state index contributed by atoms with van der Waals surface area (Å²) in [7, 11) is 0. The van der Waals surface area contributed by atoms with E-state index in [1.807, 2.05) is 0 Å². The summed E-state index contributed by atoms with van der Waals surface area (Å²) in [6, 6.07) is 13.7. The van der Waals surface area contributed by atoms with E-state index in [0.29, 0.717) is 17.1 Å². The Labute approximate surface area is 118 Å². The topological polar surface area (TPSA) is 35.8 Å². The van der Waals surface area contributed by atoms with Crippen LogP contribution < -0.4 is 5.32 Å². The molecule has 0 aliphatic heterocycles. The Bertz CT molecular complexity index is 642. The molecule has 1 N–H and O–H groups in total. The summed E-state index contributed by atoms with van der Waals surface area (Å²) in [4.78, 5) is 0. The first kappa shape index (κ1) is 13.5. The average Bonchev–Trinajstić information content (AvgIpc) is 2.40. The Balaban J connectivity index is 2.16. The molecule has 0 fully saturated rings. The molecule has 2 rings (SSSR count). The van der Waals surface area contributed by atoms with E-state index in [0.717, 1.165) is 5.69 Å². The molecule has 0 bridgehead atoms. The summed E-state index contributed by atoms with van der Waals surface area (Å²) in [6.07, 6.45) is 0. The van der Waals surface area contributed by atoms with Gasteiger partial charge in [0, 0.05) is 11.6 Å². The Kier molecular flexibility index (Phi) is 4.09. The molecule has 2 nitrogen and oxygen atoms in total. The van der Waals surface area contributed by atoms with Crippen molar-refractivity contribution in [2.45, 2.75) is 20.4 Å². The molecule has 19 heavy (non-hydrogen) atoms. The van der Waals surface area contributed by atoms with E-state index in [1.165, 1.54) is 16.7 Å². The first-order chi connectivity index (χ1) is 9.10. The van der Waals surface area contributed by atoms with Gasteiger partial charge in [0.2, 0.25) is 0 Å². The lowest BCUT2D eigenvalue weighted by atomic mass is 10.1. The monoisotopic (exact) mass is 270 g/mol. The van der Waals surface area contributed by atoms with Crippen LogP contribution in [0.4, 0.5) is 5.69 Å². The molecule has 2 aromatic carbocycles. The second kappa shape index (κ2) is 5.77. The second-order valence-electron chi connectivity index (χ2n) is 4.57. The van der Waals surface area contributed by atoms with Crippen molar-refractivity contribution in [3.63, 3.8) is 0 Å². The van der Waals surface area contributed by atoms with Gasteiger partial charge in [-0.1, -0.05) is 29.8 Å². The van der Waals surface area contributed by atoms with Gasteiger partial charge in [0.15, 0.2) is 0 Å². The molecule has 0 saturated carbocycles. The molecule has 0 heterocycles. The number of hydrogen-bond donors (Lipinski definition) is 1. The Morgan fingerprint density at radius 1 is 1.11 bits per heavy atom. The predicted molar refractivity (Wildman–Crippen MR) is 79.4 cm³/mol. The van der Waals surface area contributed by atoms with E-state index in [1.54, 1.807) is 18.2 Å². The molecule has 0 amide bonds. The maximum absolute atomic E-state index is 9.05. The third-order valence-electron chi connectivity index (χ3n) is 3.16. The van der Waals surface area contributed by atoms with Crippen molar-refractivity contribution in [1.82, 2.24) is 0 Å². The third-order valence-corrected chi connectivity index (χ3v) is 3.39. The zero-order valence-corrected chi connectivity index (χ0v) is 11.8. The largest absolute Gasteiger partial charge is 0.380 e. The Morgan fingerprint density at radius 2 is 1.89 bits per heavy atom. The van der Waals surface area contributed by atoms with Crippen molar-refractivity contribution in [3.8, 4) is 6.07 Å². The van der Waals surface area contributed by atoms with Crippen molar-refractivity contribution < 1.29 is 0 Å². The van der Waals surface area contributed by atoms with Crippen LogP contribution in [0.1, 0.15) is 22.3 Å². The lowest BCUT2D eigenvalue weighted by Gasteiger charge is -2.10. The van der Waals surface area contributed by atoms with Gasteiger partial charge >= 0.3 is 0 Å². The zero-order chi connectivity index (χ0) is 13.8. The molecule has 0 saturated heterocycles. The lowest BCUT2D eigenvalue weighted by molar-refractivity contribution is 1.13. The molecular formula is C16H15ClN2. The number of nitriles is 1. The minimum Gasteiger partial charge on any atom is -0.380 e. The van der Waals surface area contributed by atoms with Crippen LogP contribution in [-0.2, 0) is 6.54 Å². The summed E-state index contributed by atoms with van der Waals surface area (Å²) in [5, 5.41) is 12.9. The first-order valence-corrected chi connectivity index (χ1v) is 6.47. The van der Waals surface area contributed by atoms with Crippen LogP contribution in [0, 0.1) is 25.2 Å². The van der Waals surface area contributed by atoms with Crippen LogP contribution in [0.15, 0.2) is 36.4 Å². The van der Waals surface area contributed by atoms with E-state index in [2.05, 4.69) is 43.4 Å². The molecular weight excluding hydrogens is 256 g/mol. The fourth-order valence-electron chi connectivity index (χ4n) is 1.87. The number of benzene rings is 2. The van der Waals surface area contributed by atoms with Gasteiger partial charge in [-0.05, 0) is 48.7 Å². The van der Waals surface area contributed by atoms with Crippen LogP contribution in [0.5, 0.6) is 0 Å². The van der Waals surface area contributed by atoms with Gasteiger partial charge in [-0.25, -0.2) is 0 Å². The maximum atomic E-state index is 9.05. The molecule has 0 unspecified atom stereocenters. The van der Waals surface area contributed by atoms with Crippen molar-refractivity contribution in [3.05, 3.63) is 63.7 Å². The summed E-state index contributed by atoms with van der Waals surface area (Å²) < 4.78 is 0. The van der Waals surface area contributed by atoms with Gasteiger partial charge < -0.3 is 5.32 Å². The molecule has 2 aromatic rings. The number of nitrogens with one attached hydrogen (secondary N) is 1. The number of hydrogen-bond acceptors (Lipinski definition) is 2. The summed E-state index contributed by atoms with van der Waals surface area (Å²) in [5.41, 5.74) is 5.11. The fraction of sp³-hybridized carbons (Fsp3) is 0.188. The van der Waals surface area contributed by atoms with Crippen LogP contribution in [0.3, 0.4) is 0 Å². The second-order valence-corrected chi connectivity index (χ2v) is 5.01. The smallest absolute Gasteiger partial charge is 0.101 e. The summed E-state index contributed by atoms with van der Waals surface area (Å²) in [5.74, 6) is 0. The summed E-state index contributed by atoms with van der Waals surface area (Å²) in [6.45, 7) is 4.87. The normalized spacial score (nSPS) is 10.0. The molecule has 0 spiro atoms. The van der Waals surface area contributed by atoms with E-state index < -0.39 is 0 Å². The van der Waals surface area contributed by atoms with E-state index in [-0.39, 0.29) is 0 Å². The molecule has 3 heteroatoms. The van der Waals surface area contributed by atoms with Gasteiger partial charge in [-0.15, -0.1) is 0 Å². The van der Waals surface area contributed by atoms with Gasteiger partial charge in [-0.2, -0.15) is 5.26 Å². The lowest BCUT2D eigenvalue weighted by Crippen LogP contribution is -2.02. The average molecular weight is 271 g/mol. The number of rotatable bonds is 3. The highest BCUT2D eigenvalue weighted by atomic mass is 35.5. The number of halogens is 1. The van der Waals surface area contributed by atoms with Crippen molar-refractivity contribution in [1.29, 1.82) is 5.26 Å². The Morgan fingerprint density at radius 3 is 2.58 bits per heavy atom. The van der Waals surface area contributed by atoms with E-state index in [4.69, 9.17) is 16.9 Å². The van der Waals surface area contributed by atoms with Gasteiger partial charge in [0.05, 0.1) is 11.3 Å². The molecule has 0 aliphatic rings. The zero-order valence-electron chi connectivity index (χ0n) is 11.0. The Hall–Kier alpha value is -1.98. The van der Waals surface area contributed by atoms with Crippen LogP contribution in [-0.4, -0.2) is 0 Å². The van der Waals surface area contributed by atoms with E-state index >= 15 is 0 Å². The van der Waals surface area contributed by atoms with Crippen LogP contribution in [0.2, 0.25) is 5.02 Å². The summed E-state index contributed by atoms with van der Waals surface area (Å²) >= 11 is 5.95. The van der Waals surface area contributed by atoms with Gasteiger partial charge in [-0.3, -0.25) is 0 Å². The first-order valence-electron chi connectivity index (χ1n) is 6.10. The van der Waals surface area contributed by atoms with Crippen LogP contribution >= 0.6 is 11.6 Å². The number of anilines is 1. The third kappa shape index (κ3) is 3.27. The molecule has 0 aliphatic carbocycles. The maximum Gasteiger partial charge on any atom is 0.101 e. The highest BCUT2D eigenvalue weighted by Crippen LogP contribution is 2.21. The van der Waals surface area contributed by atoms with Gasteiger partial charge in [0.25, 0.3) is 0 Å². The van der Waals surface area contributed by atoms with Crippen LogP contribution in [0.25, 0.3) is 0 Å². The molecule has 0 atom stereocenters. The number of aryl methyl sites for hydroxylation is 2. The van der Waals surface area contributed by atoms with Gasteiger partial charge in [0.1, 0.15) is 6.07 Å². The molecule has 96 valence electrons. The highest BCUT2D eigenvalue weighted by molar-refractivity contribution is 6.30. The fourth-order valence-corrected chi connectivity index (χ4v) is 2.04. The standard InChI is InChI=1S/C16H15ClN2/c1-11-3-4-13(7-12(11)2)10-19-16-8-15(17)6-5-14(16)9-18/h3-8,19H,10H2,1-2H3. The quantitative estimate of drug-likeness (QED) is 0.895. The van der Waals surface area contributed by atoms with Crippen molar-refractivity contribution in [2.24, 2.45) is 0 Å². The van der Waals surface area contributed by atoms with E-state index in [9.17, 15) is 0 Å². The van der Waals surface area contributed by atoms with Crippen molar-refractivity contribution in [2.75, 3.05) is 5.32 Å². The predicted octanol–water partition coefficient (Wildman–Crippen LogP) is 4.44. The number of nitrogens with zero attached hydrogens (tertiary/aromatic N) is 1. The SMILES string of the molecule is Cc1ccc(CNc2cc(Cl)ccc2C#N)cc1C. The minimum absolute atomic E-state index is 0.605. The molecule has 0 aromatic heterocycles.